The van der Waals surface area contributed by atoms with Gasteiger partial charge in [-0.2, -0.15) is 11.8 Å². The van der Waals surface area contributed by atoms with Crippen molar-refractivity contribution in [2.45, 2.75) is 58.3 Å². The number of hydrogen-bond donors (Lipinski definition) is 1. The number of ether oxygens (including phenoxy) is 1. The van der Waals surface area contributed by atoms with E-state index in [0.717, 1.165) is 12.2 Å². The minimum atomic E-state index is -0.412. The maximum absolute atomic E-state index is 11.3. The van der Waals surface area contributed by atoms with Crippen molar-refractivity contribution in [3.05, 3.63) is 0 Å². The molecule has 0 aliphatic heterocycles. The van der Waals surface area contributed by atoms with Gasteiger partial charge in [0.2, 0.25) is 0 Å². The van der Waals surface area contributed by atoms with Crippen molar-refractivity contribution in [2.75, 3.05) is 12.3 Å². The molecule has 0 heterocycles. The third kappa shape index (κ3) is 11.7. The molecule has 0 rings (SSSR count). The number of alkyl carbamates (subject to hydrolysis) is 1. The van der Waals surface area contributed by atoms with E-state index in [0.29, 0.717) is 11.3 Å². The fraction of sp³-hybridized carbons (Fsp3) is 0.917. The fourth-order valence-corrected chi connectivity index (χ4v) is 1.86. The Hall–Kier alpha value is -0.380. The molecule has 0 unspecified atom stereocenters. The summed E-state index contributed by atoms with van der Waals surface area (Å²) >= 11 is 1.91. The first kappa shape index (κ1) is 15.6. The summed E-state index contributed by atoms with van der Waals surface area (Å²) in [6, 6.07) is 0. The van der Waals surface area contributed by atoms with Crippen molar-refractivity contribution in [1.29, 1.82) is 0 Å². The Kier molecular flexibility index (Phi) is 6.23. The van der Waals surface area contributed by atoms with E-state index >= 15 is 0 Å². The molecular formula is C12H25NO2S. The minimum Gasteiger partial charge on any atom is -0.444 e. The topological polar surface area (TPSA) is 38.3 Å². The molecular weight excluding hydrogens is 222 g/mol. The number of hydrogen-bond acceptors (Lipinski definition) is 3. The summed E-state index contributed by atoms with van der Waals surface area (Å²) < 4.78 is 5.43. The molecule has 0 saturated carbocycles. The summed E-state index contributed by atoms with van der Waals surface area (Å²) in [5.41, 5.74) is -0.412. The van der Waals surface area contributed by atoms with E-state index in [1.54, 1.807) is 0 Å². The van der Waals surface area contributed by atoms with Gasteiger partial charge in [-0.15, -0.1) is 0 Å². The Morgan fingerprint density at radius 1 is 1.19 bits per heavy atom. The Bertz CT molecular complexity index is 216. The first-order valence-electron chi connectivity index (χ1n) is 5.71. The summed E-state index contributed by atoms with van der Waals surface area (Å²) in [6.07, 6.45) is 0.648. The number of thioether (sulfide) groups is 1. The van der Waals surface area contributed by atoms with Crippen LogP contribution in [0.1, 0.15) is 48.0 Å². The molecule has 0 spiro atoms. The summed E-state index contributed by atoms with van der Waals surface area (Å²) in [7, 11) is 0. The molecule has 0 aromatic rings. The van der Waals surface area contributed by atoms with Crippen LogP contribution in [0.3, 0.4) is 0 Å². The highest BCUT2D eigenvalue weighted by Crippen LogP contribution is 2.23. The fourth-order valence-electron chi connectivity index (χ4n) is 0.955. The van der Waals surface area contributed by atoms with Crippen LogP contribution in [0.4, 0.5) is 4.79 Å². The zero-order valence-corrected chi connectivity index (χ0v) is 12.2. The molecule has 0 radical (unpaired) electrons. The van der Waals surface area contributed by atoms with Crippen LogP contribution in [0.15, 0.2) is 0 Å². The molecule has 0 aliphatic carbocycles. The maximum atomic E-state index is 11.3. The summed E-state index contributed by atoms with van der Waals surface area (Å²) in [4.78, 5) is 11.3. The van der Waals surface area contributed by atoms with E-state index < -0.39 is 5.60 Å². The Labute approximate surface area is 104 Å². The molecule has 0 aromatic carbocycles. The highest BCUT2D eigenvalue weighted by Gasteiger charge is 2.15. The van der Waals surface area contributed by atoms with E-state index in [9.17, 15) is 4.79 Å². The molecule has 0 fully saturated rings. The minimum absolute atomic E-state index is 0.298. The molecule has 0 bridgehead atoms. The molecule has 3 nitrogen and oxygen atoms in total. The lowest BCUT2D eigenvalue weighted by molar-refractivity contribution is 0.0528. The zero-order valence-electron chi connectivity index (χ0n) is 11.3. The van der Waals surface area contributed by atoms with Crippen LogP contribution >= 0.6 is 11.8 Å². The lowest BCUT2D eigenvalue weighted by Gasteiger charge is -2.20. The predicted octanol–water partition coefficient (Wildman–Crippen LogP) is 3.43. The molecule has 0 atom stereocenters. The quantitative estimate of drug-likeness (QED) is 0.773. The summed E-state index contributed by atoms with van der Waals surface area (Å²) in [5.74, 6) is 1.05. The van der Waals surface area contributed by atoms with E-state index in [2.05, 4.69) is 26.1 Å². The van der Waals surface area contributed by atoms with Crippen molar-refractivity contribution in [3.63, 3.8) is 0 Å². The van der Waals surface area contributed by atoms with Crippen LogP contribution in [0.5, 0.6) is 0 Å². The van der Waals surface area contributed by atoms with Crippen molar-refractivity contribution >= 4 is 17.9 Å². The highest BCUT2D eigenvalue weighted by atomic mass is 32.2. The van der Waals surface area contributed by atoms with Gasteiger partial charge in [-0.05, 0) is 32.9 Å². The maximum Gasteiger partial charge on any atom is 0.407 e. The molecule has 4 heteroatoms. The van der Waals surface area contributed by atoms with Gasteiger partial charge in [-0.1, -0.05) is 20.8 Å². The standard InChI is InChI=1S/C12H25NO2S/c1-11(2,3)15-10(14)13-8-7-9-16-12(4,5)6/h7-9H2,1-6H3,(H,13,14). The van der Waals surface area contributed by atoms with Gasteiger partial charge in [-0.3, -0.25) is 0 Å². The van der Waals surface area contributed by atoms with Gasteiger partial charge in [0.05, 0.1) is 0 Å². The predicted molar refractivity (Wildman–Crippen MR) is 71.1 cm³/mol. The van der Waals surface area contributed by atoms with Crippen molar-refractivity contribution in [1.82, 2.24) is 5.32 Å². The van der Waals surface area contributed by atoms with Crippen LogP contribution in [-0.4, -0.2) is 28.7 Å². The number of carbonyl (C=O) groups is 1. The van der Waals surface area contributed by atoms with E-state index in [1.807, 2.05) is 32.5 Å². The summed E-state index contributed by atoms with van der Waals surface area (Å²) in [6.45, 7) is 12.8. The molecule has 96 valence electrons. The van der Waals surface area contributed by atoms with Gasteiger partial charge in [0.25, 0.3) is 0 Å². The van der Waals surface area contributed by atoms with E-state index in [4.69, 9.17) is 4.74 Å². The number of rotatable bonds is 4. The van der Waals surface area contributed by atoms with Crippen LogP contribution in [0.2, 0.25) is 0 Å². The van der Waals surface area contributed by atoms with Gasteiger partial charge in [0.1, 0.15) is 5.60 Å². The normalized spacial score (nSPS) is 12.4. The van der Waals surface area contributed by atoms with Crippen LogP contribution < -0.4 is 5.32 Å². The van der Waals surface area contributed by atoms with Gasteiger partial charge in [0.15, 0.2) is 0 Å². The zero-order chi connectivity index (χ0) is 12.8. The second kappa shape index (κ2) is 6.38. The lowest BCUT2D eigenvalue weighted by atomic mass is 10.2. The molecule has 1 amide bonds. The third-order valence-corrected chi connectivity index (χ3v) is 2.88. The van der Waals surface area contributed by atoms with Crippen LogP contribution in [0, 0.1) is 0 Å². The highest BCUT2D eigenvalue weighted by molar-refractivity contribution is 8.00. The van der Waals surface area contributed by atoms with Crippen molar-refractivity contribution in [3.8, 4) is 0 Å². The molecule has 1 N–H and O–H groups in total. The van der Waals surface area contributed by atoms with Crippen molar-refractivity contribution in [2.24, 2.45) is 0 Å². The number of nitrogens with one attached hydrogen (secondary N) is 1. The second-order valence-electron chi connectivity index (χ2n) is 5.74. The Morgan fingerprint density at radius 3 is 2.19 bits per heavy atom. The van der Waals surface area contributed by atoms with Gasteiger partial charge < -0.3 is 10.1 Å². The Balaban J connectivity index is 3.50. The average molecular weight is 247 g/mol. The first-order valence-corrected chi connectivity index (χ1v) is 6.69. The molecule has 0 aromatic heterocycles. The van der Waals surface area contributed by atoms with E-state index in [-0.39, 0.29) is 6.09 Å². The molecule has 16 heavy (non-hydrogen) atoms. The number of carbonyl (C=O) groups excluding carboxylic acids is 1. The second-order valence-corrected chi connectivity index (χ2v) is 7.66. The van der Waals surface area contributed by atoms with Gasteiger partial charge >= 0.3 is 6.09 Å². The van der Waals surface area contributed by atoms with Gasteiger partial charge in [0, 0.05) is 11.3 Å². The van der Waals surface area contributed by atoms with Crippen molar-refractivity contribution < 1.29 is 9.53 Å². The largest absolute Gasteiger partial charge is 0.444 e. The smallest absolute Gasteiger partial charge is 0.407 e. The average Bonchev–Trinajstić information content (AvgIpc) is 1.97. The third-order valence-electron chi connectivity index (χ3n) is 1.52. The van der Waals surface area contributed by atoms with Crippen LogP contribution in [-0.2, 0) is 4.74 Å². The lowest BCUT2D eigenvalue weighted by Crippen LogP contribution is -2.33. The number of amides is 1. The van der Waals surface area contributed by atoms with E-state index in [1.165, 1.54) is 0 Å². The molecule has 0 saturated heterocycles. The molecule has 0 aliphatic rings. The first-order chi connectivity index (χ1) is 7.10. The van der Waals surface area contributed by atoms with Gasteiger partial charge in [-0.25, -0.2) is 4.79 Å². The SMILES string of the molecule is CC(C)(C)OC(=O)NCCCSC(C)(C)C. The summed E-state index contributed by atoms with van der Waals surface area (Å²) in [5, 5.41) is 2.75. The monoisotopic (exact) mass is 247 g/mol. The Morgan fingerprint density at radius 2 is 1.75 bits per heavy atom. The van der Waals surface area contributed by atoms with Crippen LogP contribution in [0.25, 0.3) is 0 Å².